The Kier molecular flexibility index (Phi) is 3.62. The Hall–Kier alpha value is -0.570. The third-order valence-electron chi connectivity index (χ3n) is 3.86. The summed E-state index contributed by atoms with van der Waals surface area (Å²) in [7, 11) is 0. The molecule has 0 radical (unpaired) electrons. The van der Waals surface area contributed by atoms with Crippen molar-refractivity contribution in [2.24, 2.45) is 11.7 Å². The molecule has 1 atom stereocenters. The maximum atomic E-state index is 12.2. The first-order valence-corrected chi connectivity index (χ1v) is 6.33. The van der Waals surface area contributed by atoms with Crippen LogP contribution in [0.5, 0.6) is 0 Å². The minimum absolute atomic E-state index is 0.350. The van der Waals surface area contributed by atoms with E-state index in [4.69, 9.17) is 5.73 Å². The molecule has 0 aromatic rings. The van der Waals surface area contributed by atoms with Crippen LogP contribution in [0, 0.1) is 5.92 Å². The van der Waals surface area contributed by atoms with Gasteiger partial charge in [0, 0.05) is 18.5 Å². The van der Waals surface area contributed by atoms with Gasteiger partial charge in [-0.05, 0) is 45.1 Å². The molecule has 0 spiro atoms. The normalized spacial score (nSPS) is 27.5. The van der Waals surface area contributed by atoms with Gasteiger partial charge in [0.15, 0.2) is 0 Å². The molecule has 1 saturated heterocycles. The fourth-order valence-electron chi connectivity index (χ4n) is 2.67. The summed E-state index contributed by atoms with van der Waals surface area (Å²) in [4.78, 5) is 14.3. The minimum atomic E-state index is 0.350. The zero-order valence-electron chi connectivity index (χ0n) is 9.45. The fourth-order valence-corrected chi connectivity index (χ4v) is 2.67. The molecule has 1 unspecified atom stereocenters. The van der Waals surface area contributed by atoms with Gasteiger partial charge in [-0.2, -0.15) is 0 Å². The summed E-state index contributed by atoms with van der Waals surface area (Å²) < 4.78 is 0. The third-order valence-corrected chi connectivity index (χ3v) is 3.86. The molecule has 2 rings (SSSR count). The van der Waals surface area contributed by atoms with Crippen molar-refractivity contribution in [2.45, 2.75) is 51.0 Å². The summed E-state index contributed by atoms with van der Waals surface area (Å²) >= 11 is 0. The van der Waals surface area contributed by atoms with Gasteiger partial charge in [0.05, 0.1) is 0 Å². The summed E-state index contributed by atoms with van der Waals surface area (Å²) in [6.07, 6.45) is 8.06. The Balaban J connectivity index is 1.93. The molecule has 0 bridgehead atoms. The topological polar surface area (TPSA) is 46.3 Å². The number of nitrogens with two attached hydrogens (primary N) is 1. The van der Waals surface area contributed by atoms with Crippen molar-refractivity contribution >= 4 is 5.91 Å². The van der Waals surface area contributed by atoms with Crippen LogP contribution in [0.25, 0.3) is 0 Å². The summed E-state index contributed by atoms with van der Waals surface area (Å²) in [6, 6.07) is 0.442. The van der Waals surface area contributed by atoms with E-state index >= 15 is 0 Å². The predicted molar refractivity (Wildman–Crippen MR) is 60.4 cm³/mol. The Labute approximate surface area is 92.0 Å². The van der Waals surface area contributed by atoms with E-state index in [1.807, 2.05) is 0 Å². The van der Waals surface area contributed by atoms with Crippen LogP contribution in [-0.4, -0.2) is 29.9 Å². The monoisotopic (exact) mass is 210 g/mol. The lowest BCUT2D eigenvalue weighted by molar-refractivity contribution is -0.142. The van der Waals surface area contributed by atoms with Crippen molar-refractivity contribution in [1.82, 2.24) is 4.90 Å². The Morgan fingerprint density at radius 2 is 2.00 bits per heavy atom. The smallest absolute Gasteiger partial charge is 0.225 e. The lowest BCUT2D eigenvalue weighted by Crippen LogP contribution is -2.48. The van der Waals surface area contributed by atoms with Crippen molar-refractivity contribution in [3.05, 3.63) is 0 Å². The Morgan fingerprint density at radius 3 is 2.60 bits per heavy atom. The molecular weight excluding hydrogens is 188 g/mol. The molecule has 1 heterocycles. The molecule has 3 nitrogen and oxygen atoms in total. The number of piperidine rings is 1. The summed E-state index contributed by atoms with van der Waals surface area (Å²) in [5, 5.41) is 0. The van der Waals surface area contributed by atoms with Gasteiger partial charge in [-0.1, -0.05) is 6.42 Å². The Morgan fingerprint density at radius 1 is 1.20 bits per heavy atom. The van der Waals surface area contributed by atoms with Crippen LogP contribution in [-0.2, 0) is 4.79 Å². The van der Waals surface area contributed by atoms with E-state index in [9.17, 15) is 4.79 Å². The molecule has 2 N–H and O–H groups in total. The first-order chi connectivity index (χ1) is 7.33. The highest BCUT2D eigenvalue weighted by Gasteiger charge is 2.33. The van der Waals surface area contributed by atoms with Crippen LogP contribution in [0.15, 0.2) is 0 Å². The number of likely N-dealkylation sites (tertiary alicyclic amines) is 1. The second-order valence-electron chi connectivity index (χ2n) is 4.89. The number of rotatable bonds is 3. The van der Waals surface area contributed by atoms with E-state index in [-0.39, 0.29) is 0 Å². The summed E-state index contributed by atoms with van der Waals surface area (Å²) in [6.45, 7) is 1.68. The van der Waals surface area contributed by atoms with E-state index in [0.717, 1.165) is 32.2 Å². The van der Waals surface area contributed by atoms with Crippen LogP contribution < -0.4 is 5.73 Å². The highest BCUT2D eigenvalue weighted by atomic mass is 16.2. The minimum Gasteiger partial charge on any atom is -0.339 e. The lowest BCUT2D eigenvalue weighted by Gasteiger charge is -2.39. The number of amides is 1. The van der Waals surface area contributed by atoms with Crippen LogP contribution in [0.4, 0.5) is 0 Å². The van der Waals surface area contributed by atoms with Crippen molar-refractivity contribution in [1.29, 1.82) is 0 Å². The van der Waals surface area contributed by atoms with E-state index in [1.54, 1.807) is 0 Å². The molecule has 1 saturated carbocycles. The number of hydrogen-bond acceptors (Lipinski definition) is 2. The lowest BCUT2D eigenvalue weighted by atomic mass is 9.83. The molecular formula is C12H22N2O. The van der Waals surface area contributed by atoms with Crippen LogP contribution in [0.1, 0.15) is 44.9 Å². The quantitative estimate of drug-likeness (QED) is 0.767. The number of carbonyl (C=O) groups excluding carboxylic acids is 1. The number of hydrogen-bond donors (Lipinski definition) is 1. The summed E-state index contributed by atoms with van der Waals surface area (Å²) in [5.41, 5.74) is 5.61. The predicted octanol–water partition coefficient (Wildman–Crippen LogP) is 1.52. The summed E-state index contributed by atoms with van der Waals surface area (Å²) in [5.74, 6) is 0.766. The Bertz CT molecular complexity index is 224. The van der Waals surface area contributed by atoms with E-state index in [2.05, 4.69) is 4.90 Å². The van der Waals surface area contributed by atoms with Gasteiger partial charge in [0.25, 0.3) is 0 Å². The van der Waals surface area contributed by atoms with Gasteiger partial charge < -0.3 is 10.6 Å². The number of carbonyl (C=O) groups is 1. The van der Waals surface area contributed by atoms with E-state index in [0.29, 0.717) is 24.4 Å². The standard InChI is InChI=1S/C12H22N2O/c13-8-7-11-6-1-2-9-14(11)12(15)10-4-3-5-10/h10-11H,1-9,13H2. The van der Waals surface area contributed by atoms with Gasteiger partial charge >= 0.3 is 0 Å². The molecule has 2 aliphatic rings. The average molecular weight is 210 g/mol. The van der Waals surface area contributed by atoms with Crippen LogP contribution in [0.3, 0.4) is 0 Å². The number of nitrogens with zero attached hydrogens (tertiary/aromatic N) is 1. The van der Waals surface area contributed by atoms with Gasteiger partial charge in [-0.25, -0.2) is 0 Å². The zero-order valence-corrected chi connectivity index (χ0v) is 9.45. The molecule has 1 amide bonds. The zero-order chi connectivity index (χ0) is 10.7. The van der Waals surface area contributed by atoms with Crippen molar-refractivity contribution in [2.75, 3.05) is 13.1 Å². The largest absolute Gasteiger partial charge is 0.339 e. The van der Waals surface area contributed by atoms with Crippen molar-refractivity contribution in [3.8, 4) is 0 Å². The maximum Gasteiger partial charge on any atom is 0.225 e. The second kappa shape index (κ2) is 4.97. The van der Waals surface area contributed by atoms with Crippen molar-refractivity contribution < 1.29 is 4.79 Å². The van der Waals surface area contributed by atoms with Crippen LogP contribution in [0.2, 0.25) is 0 Å². The SMILES string of the molecule is NCCC1CCCCN1C(=O)C1CCC1. The molecule has 0 aromatic carbocycles. The average Bonchev–Trinajstić information content (AvgIpc) is 2.16. The molecule has 3 heteroatoms. The van der Waals surface area contributed by atoms with E-state index < -0.39 is 0 Å². The van der Waals surface area contributed by atoms with Gasteiger partial charge in [-0.3, -0.25) is 4.79 Å². The second-order valence-corrected chi connectivity index (χ2v) is 4.89. The molecule has 2 fully saturated rings. The third kappa shape index (κ3) is 2.33. The highest BCUT2D eigenvalue weighted by molar-refractivity contribution is 5.80. The molecule has 0 aromatic heterocycles. The van der Waals surface area contributed by atoms with Crippen LogP contribution >= 0.6 is 0 Å². The molecule has 86 valence electrons. The van der Waals surface area contributed by atoms with Gasteiger partial charge in [0.1, 0.15) is 0 Å². The van der Waals surface area contributed by atoms with E-state index in [1.165, 1.54) is 19.3 Å². The molecule has 1 aliphatic heterocycles. The molecule has 1 aliphatic carbocycles. The first kappa shape index (κ1) is 10.9. The van der Waals surface area contributed by atoms with Crippen molar-refractivity contribution in [3.63, 3.8) is 0 Å². The fraction of sp³-hybridized carbons (Fsp3) is 0.917. The molecule has 15 heavy (non-hydrogen) atoms. The maximum absolute atomic E-state index is 12.2. The van der Waals surface area contributed by atoms with Gasteiger partial charge in [0.2, 0.25) is 5.91 Å². The van der Waals surface area contributed by atoms with Gasteiger partial charge in [-0.15, -0.1) is 0 Å². The highest BCUT2D eigenvalue weighted by Crippen LogP contribution is 2.31. The first-order valence-electron chi connectivity index (χ1n) is 6.33.